The fraction of sp³-hybridized carbons (Fsp3) is 0.438. The van der Waals surface area contributed by atoms with E-state index in [1.54, 1.807) is 4.90 Å². The summed E-state index contributed by atoms with van der Waals surface area (Å²) in [6.45, 7) is 5.99. The monoisotopic (exact) mass is 259 g/mol. The van der Waals surface area contributed by atoms with Gasteiger partial charge in [-0.25, -0.2) is 0 Å². The van der Waals surface area contributed by atoms with Gasteiger partial charge in [-0.2, -0.15) is 0 Å². The van der Waals surface area contributed by atoms with Gasteiger partial charge in [0.1, 0.15) is 11.3 Å². The lowest BCUT2D eigenvalue weighted by molar-refractivity contribution is -0.136. The molecule has 2 unspecified atom stereocenters. The summed E-state index contributed by atoms with van der Waals surface area (Å²) in [5.74, 6) is 1.05. The first-order chi connectivity index (χ1) is 9.04. The highest BCUT2D eigenvalue weighted by Crippen LogP contribution is 2.27. The van der Waals surface area contributed by atoms with E-state index < -0.39 is 0 Å². The zero-order chi connectivity index (χ0) is 14.0. The van der Waals surface area contributed by atoms with Gasteiger partial charge in [-0.3, -0.25) is 4.79 Å². The number of fused-ring (bicyclic) bond motifs is 1. The number of hydrogen-bond donors (Lipinski definition) is 0. The van der Waals surface area contributed by atoms with Gasteiger partial charge in [0.05, 0.1) is 6.04 Å². The van der Waals surface area contributed by atoms with E-state index in [4.69, 9.17) is 4.42 Å². The predicted octanol–water partition coefficient (Wildman–Crippen LogP) is 4.00. The third-order valence-corrected chi connectivity index (χ3v) is 3.82. The Hall–Kier alpha value is -1.77. The second-order valence-electron chi connectivity index (χ2n) is 5.12. The Morgan fingerprint density at radius 3 is 2.63 bits per heavy atom. The molecule has 0 aliphatic rings. The minimum Gasteiger partial charge on any atom is -0.459 e. The Balaban J connectivity index is 2.23. The molecule has 0 aliphatic carbocycles. The normalized spacial score (nSPS) is 14.3. The number of hydrogen-bond acceptors (Lipinski definition) is 2. The molecule has 1 aromatic heterocycles. The van der Waals surface area contributed by atoms with E-state index in [1.165, 1.54) is 0 Å². The molecule has 0 radical (unpaired) electrons. The van der Waals surface area contributed by atoms with Crippen molar-refractivity contribution in [2.45, 2.75) is 33.2 Å². The fourth-order valence-electron chi connectivity index (χ4n) is 2.11. The molecule has 19 heavy (non-hydrogen) atoms. The van der Waals surface area contributed by atoms with Crippen molar-refractivity contribution in [3.63, 3.8) is 0 Å². The first kappa shape index (κ1) is 13.7. The van der Waals surface area contributed by atoms with Crippen LogP contribution in [0.1, 0.15) is 39.0 Å². The average molecular weight is 259 g/mol. The van der Waals surface area contributed by atoms with Gasteiger partial charge in [0.25, 0.3) is 0 Å². The van der Waals surface area contributed by atoms with Gasteiger partial charge >= 0.3 is 0 Å². The van der Waals surface area contributed by atoms with Crippen LogP contribution in [0.3, 0.4) is 0 Å². The van der Waals surface area contributed by atoms with Gasteiger partial charge in [0.2, 0.25) is 5.91 Å². The van der Waals surface area contributed by atoms with Crippen LogP contribution >= 0.6 is 0 Å². The molecule has 0 saturated heterocycles. The summed E-state index contributed by atoms with van der Waals surface area (Å²) >= 11 is 0. The minimum absolute atomic E-state index is 0.0473. The Morgan fingerprint density at radius 1 is 1.32 bits per heavy atom. The molecule has 3 nitrogen and oxygen atoms in total. The highest BCUT2D eigenvalue weighted by molar-refractivity contribution is 5.80. The van der Waals surface area contributed by atoms with Crippen molar-refractivity contribution in [2.75, 3.05) is 7.05 Å². The highest BCUT2D eigenvalue weighted by Gasteiger charge is 2.23. The predicted molar refractivity (Wildman–Crippen MR) is 76.9 cm³/mol. The molecule has 3 heteroatoms. The summed E-state index contributed by atoms with van der Waals surface area (Å²) < 4.78 is 5.82. The number of amides is 1. The van der Waals surface area contributed by atoms with Crippen LogP contribution in [0.5, 0.6) is 0 Å². The summed E-state index contributed by atoms with van der Waals surface area (Å²) in [7, 11) is 1.84. The van der Waals surface area contributed by atoms with Gasteiger partial charge in [-0.05, 0) is 25.5 Å². The summed E-state index contributed by atoms with van der Waals surface area (Å²) in [5.41, 5.74) is 0.869. The number of carbonyl (C=O) groups is 1. The zero-order valence-corrected chi connectivity index (χ0v) is 12.0. The lowest BCUT2D eigenvalue weighted by Gasteiger charge is -2.25. The quantitative estimate of drug-likeness (QED) is 0.831. The van der Waals surface area contributed by atoms with Gasteiger partial charge in [-0.15, -0.1) is 0 Å². The number of rotatable bonds is 4. The Kier molecular flexibility index (Phi) is 3.93. The number of carbonyl (C=O) groups excluding carboxylic acids is 1. The average Bonchev–Trinajstić information content (AvgIpc) is 2.87. The van der Waals surface area contributed by atoms with Crippen molar-refractivity contribution >= 4 is 16.9 Å². The summed E-state index contributed by atoms with van der Waals surface area (Å²) in [5, 5.41) is 1.08. The molecular weight excluding hydrogens is 238 g/mol. The molecule has 2 atom stereocenters. The SMILES string of the molecule is CCC(C)C(=O)N(C)C(C)c1cc2ccccc2o1. The van der Waals surface area contributed by atoms with Gasteiger partial charge in [0.15, 0.2) is 0 Å². The molecule has 2 aromatic rings. The fourth-order valence-corrected chi connectivity index (χ4v) is 2.11. The third kappa shape index (κ3) is 2.65. The lowest BCUT2D eigenvalue weighted by Crippen LogP contribution is -2.33. The number of para-hydroxylation sites is 1. The van der Waals surface area contributed by atoms with E-state index in [9.17, 15) is 4.79 Å². The van der Waals surface area contributed by atoms with Crippen molar-refractivity contribution in [1.82, 2.24) is 4.90 Å². The van der Waals surface area contributed by atoms with E-state index in [0.29, 0.717) is 0 Å². The molecule has 1 heterocycles. The summed E-state index contributed by atoms with van der Waals surface area (Å²) in [6, 6.07) is 9.87. The highest BCUT2D eigenvalue weighted by atomic mass is 16.3. The maximum atomic E-state index is 12.2. The molecule has 0 N–H and O–H groups in total. The molecule has 1 amide bonds. The number of nitrogens with zero attached hydrogens (tertiary/aromatic N) is 1. The third-order valence-electron chi connectivity index (χ3n) is 3.82. The zero-order valence-electron chi connectivity index (χ0n) is 12.0. The second kappa shape index (κ2) is 5.47. The molecule has 2 rings (SSSR count). The second-order valence-corrected chi connectivity index (χ2v) is 5.12. The van der Waals surface area contributed by atoms with E-state index in [-0.39, 0.29) is 17.9 Å². The minimum atomic E-state index is -0.0473. The maximum absolute atomic E-state index is 12.2. The van der Waals surface area contributed by atoms with Crippen molar-refractivity contribution < 1.29 is 9.21 Å². The van der Waals surface area contributed by atoms with Gasteiger partial charge in [0, 0.05) is 18.4 Å². The Labute approximate surface area is 114 Å². The maximum Gasteiger partial charge on any atom is 0.225 e. The first-order valence-electron chi connectivity index (χ1n) is 6.79. The number of furan rings is 1. The van der Waals surface area contributed by atoms with Crippen LogP contribution in [0.4, 0.5) is 0 Å². The first-order valence-corrected chi connectivity index (χ1v) is 6.79. The van der Waals surface area contributed by atoms with E-state index in [2.05, 4.69) is 0 Å². The molecule has 0 aliphatic heterocycles. The lowest BCUT2D eigenvalue weighted by atomic mass is 10.1. The van der Waals surface area contributed by atoms with Crippen LogP contribution < -0.4 is 0 Å². The van der Waals surface area contributed by atoms with Crippen molar-refractivity contribution in [3.05, 3.63) is 36.1 Å². The van der Waals surface area contributed by atoms with Crippen LogP contribution in [0.15, 0.2) is 34.7 Å². The Morgan fingerprint density at radius 2 is 2.00 bits per heavy atom. The molecule has 0 spiro atoms. The molecule has 0 fully saturated rings. The van der Waals surface area contributed by atoms with Crippen LogP contribution in [0.2, 0.25) is 0 Å². The van der Waals surface area contributed by atoms with E-state index in [1.807, 2.05) is 58.2 Å². The number of benzene rings is 1. The standard InChI is InChI=1S/C16H21NO2/c1-5-11(2)16(18)17(4)12(3)15-10-13-8-6-7-9-14(13)19-15/h6-12H,5H2,1-4H3. The molecular formula is C16H21NO2. The van der Waals surface area contributed by atoms with E-state index >= 15 is 0 Å². The molecule has 0 saturated carbocycles. The largest absolute Gasteiger partial charge is 0.459 e. The summed E-state index contributed by atoms with van der Waals surface area (Å²) in [4.78, 5) is 14.0. The van der Waals surface area contributed by atoms with Crippen molar-refractivity contribution in [2.24, 2.45) is 5.92 Å². The summed E-state index contributed by atoms with van der Waals surface area (Å²) in [6.07, 6.45) is 0.857. The smallest absolute Gasteiger partial charge is 0.225 e. The molecule has 0 bridgehead atoms. The van der Waals surface area contributed by atoms with Crippen LogP contribution in [0, 0.1) is 5.92 Å². The van der Waals surface area contributed by atoms with E-state index in [0.717, 1.165) is 23.2 Å². The Bertz CT molecular complexity index is 540. The van der Waals surface area contributed by atoms with Crippen LogP contribution in [-0.2, 0) is 4.79 Å². The van der Waals surface area contributed by atoms with Gasteiger partial charge < -0.3 is 9.32 Å². The van der Waals surface area contributed by atoms with Crippen molar-refractivity contribution in [1.29, 1.82) is 0 Å². The van der Waals surface area contributed by atoms with Crippen molar-refractivity contribution in [3.8, 4) is 0 Å². The van der Waals surface area contributed by atoms with Crippen LogP contribution in [0.25, 0.3) is 11.0 Å². The molecule has 102 valence electrons. The molecule has 1 aromatic carbocycles. The topological polar surface area (TPSA) is 33.5 Å². The van der Waals surface area contributed by atoms with Gasteiger partial charge in [-0.1, -0.05) is 32.0 Å². The van der Waals surface area contributed by atoms with Crippen LogP contribution in [-0.4, -0.2) is 17.9 Å².